The fourth-order valence-corrected chi connectivity index (χ4v) is 2.88. The number of halogens is 2. The van der Waals surface area contributed by atoms with Crippen LogP contribution in [0.2, 0.25) is 10.0 Å². The van der Waals surface area contributed by atoms with Crippen molar-refractivity contribution in [3.05, 3.63) is 70.2 Å². The Labute approximate surface area is 155 Å². The number of aromatic nitrogens is 1. The van der Waals surface area contributed by atoms with Gasteiger partial charge in [0.15, 0.2) is 11.7 Å². The van der Waals surface area contributed by atoms with Crippen LogP contribution in [-0.2, 0) is 11.2 Å². The largest absolute Gasteiger partial charge is 0.441 e. The standard InChI is InChI=1S/C19H16Cl2N2O2/c1-12-6-7-16(15(21)10-12)23-18(24)8-9-19-22-11-17(25-19)13-4-2-3-5-14(13)20/h2-7,10-11H,8-9H2,1H3,(H,23,24). The minimum absolute atomic E-state index is 0.150. The number of anilines is 1. The lowest BCUT2D eigenvalue weighted by atomic mass is 10.2. The summed E-state index contributed by atoms with van der Waals surface area (Å²) >= 11 is 12.3. The smallest absolute Gasteiger partial charge is 0.224 e. The van der Waals surface area contributed by atoms with E-state index in [1.165, 1.54) is 0 Å². The summed E-state index contributed by atoms with van der Waals surface area (Å²) in [7, 11) is 0. The van der Waals surface area contributed by atoms with Crippen LogP contribution in [0.15, 0.2) is 53.1 Å². The molecule has 0 bridgehead atoms. The van der Waals surface area contributed by atoms with E-state index in [2.05, 4.69) is 10.3 Å². The minimum atomic E-state index is -0.150. The third-order valence-electron chi connectivity index (χ3n) is 3.66. The van der Waals surface area contributed by atoms with Crippen molar-refractivity contribution in [3.63, 3.8) is 0 Å². The van der Waals surface area contributed by atoms with Crippen LogP contribution in [0.25, 0.3) is 11.3 Å². The second kappa shape index (κ2) is 7.72. The quantitative estimate of drug-likeness (QED) is 0.638. The molecule has 0 aliphatic heterocycles. The first kappa shape index (κ1) is 17.5. The van der Waals surface area contributed by atoms with Gasteiger partial charge in [0.2, 0.25) is 5.91 Å². The van der Waals surface area contributed by atoms with E-state index in [9.17, 15) is 4.79 Å². The summed E-state index contributed by atoms with van der Waals surface area (Å²) in [5, 5.41) is 3.91. The van der Waals surface area contributed by atoms with E-state index in [0.29, 0.717) is 33.8 Å². The van der Waals surface area contributed by atoms with Gasteiger partial charge in [0.1, 0.15) is 0 Å². The Morgan fingerprint density at radius 3 is 2.72 bits per heavy atom. The van der Waals surface area contributed by atoms with Gasteiger partial charge in [-0.2, -0.15) is 0 Å². The SMILES string of the molecule is Cc1ccc(NC(=O)CCc2ncc(-c3ccccc3Cl)o2)c(Cl)c1. The van der Waals surface area contributed by atoms with Crippen molar-refractivity contribution >= 4 is 34.8 Å². The monoisotopic (exact) mass is 374 g/mol. The number of benzene rings is 2. The Balaban J connectivity index is 1.60. The molecule has 128 valence electrons. The summed E-state index contributed by atoms with van der Waals surface area (Å²) in [6, 6.07) is 12.9. The average Bonchev–Trinajstić information content (AvgIpc) is 3.05. The summed E-state index contributed by atoms with van der Waals surface area (Å²) in [6.07, 6.45) is 2.25. The van der Waals surface area contributed by atoms with E-state index in [0.717, 1.165) is 11.1 Å². The lowest BCUT2D eigenvalue weighted by molar-refractivity contribution is -0.116. The zero-order chi connectivity index (χ0) is 17.8. The molecular weight excluding hydrogens is 359 g/mol. The molecule has 1 N–H and O–H groups in total. The molecular formula is C19H16Cl2N2O2. The molecule has 0 atom stereocenters. The Kier molecular flexibility index (Phi) is 5.41. The average molecular weight is 375 g/mol. The highest BCUT2D eigenvalue weighted by Crippen LogP contribution is 2.28. The number of aryl methyl sites for hydroxylation is 2. The van der Waals surface area contributed by atoms with Crippen LogP contribution in [-0.4, -0.2) is 10.9 Å². The van der Waals surface area contributed by atoms with E-state index in [4.69, 9.17) is 27.6 Å². The van der Waals surface area contributed by atoms with Gasteiger partial charge in [0, 0.05) is 18.4 Å². The first-order valence-electron chi connectivity index (χ1n) is 7.78. The Bertz CT molecular complexity index is 906. The molecule has 6 heteroatoms. The Morgan fingerprint density at radius 2 is 1.96 bits per heavy atom. The van der Waals surface area contributed by atoms with Crippen LogP contribution in [0.4, 0.5) is 5.69 Å². The highest BCUT2D eigenvalue weighted by Gasteiger charge is 2.12. The molecule has 25 heavy (non-hydrogen) atoms. The molecule has 2 aromatic carbocycles. The molecule has 4 nitrogen and oxygen atoms in total. The number of hydrogen-bond acceptors (Lipinski definition) is 3. The van der Waals surface area contributed by atoms with Gasteiger partial charge in [-0.1, -0.05) is 41.4 Å². The topological polar surface area (TPSA) is 55.1 Å². The van der Waals surface area contributed by atoms with Crippen molar-refractivity contribution < 1.29 is 9.21 Å². The summed E-state index contributed by atoms with van der Waals surface area (Å²) in [4.78, 5) is 16.3. The van der Waals surface area contributed by atoms with E-state index in [-0.39, 0.29) is 12.3 Å². The van der Waals surface area contributed by atoms with Crippen LogP contribution in [0, 0.1) is 6.92 Å². The Morgan fingerprint density at radius 1 is 1.16 bits per heavy atom. The van der Waals surface area contributed by atoms with Crippen molar-refractivity contribution in [2.24, 2.45) is 0 Å². The second-order valence-electron chi connectivity index (χ2n) is 5.63. The number of oxazole rings is 1. The maximum Gasteiger partial charge on any atom is 0.224 e. The third-order valence-corrected chi connectivity index (χ3v) is 4.30. The number of rotatable bonds is 5. The molecule has 1 amide bonds. The number of hydrogen-bond donors (Lipinski definition) is 1. The molecule has 0 saturated carbocycles. The van der Waals surface area contributed by atoms with Crippen LogP contribution < -0.4 is 5.32 Å². The molecule has 0 aliphatic carbocycles. The molecule has 3 rings (SSSR count). The van der Waals surface area contributed by atoms with Gasteiger partial charge in [0.25, 0.3) is 0 Å². The van der Waals surface area contributed by atoms with E-state index >= 15 is 0 Å². The van der Waals surface area contributed by atoms with Crippen molar-refractivity contribution in [2.75, 3.05) is 5.32 Å². The zero-order valence-corrected chi connectivity index (χ0v) is 15.1. The van der Waals surface area contributed by atoms with E-state index < -0.39 is 0 Å². The van der Waals surface area contributed by atoms with Gasteiger partial charge in [-0.05, 0) is 36.8 Å². The lowest BCUT2D eigenvalue weighted by Crippen LogP contribution is -2.12. The summed E-state index contributed by atoms with van der Waals surface area (Å²) in [5.74, 6) is 0.922. The zero-order valence-electron chi connectivity index (χ0n) is 13.6. The van der Waals surface area contributed by atoms with Crippen LogP contribution in [0.3, 0.4) is 0 Å². The van der Waals surface area contributed by atoms with Crippen molar-refractivity contribution in [2.45, 2.75) is 19.8 Å². The number of nitrogens with zero attached hydrogens (tertiary/aromatic N) is 1. The van der Waals surface area contributed by atoms with Crippen molar-refractivity contribution in [3.8, 4) is 11.3 Å². The molecule has 1 aromatic heterocycles. The van der Waals surface area contributed by atoms with Gasteiger partial charge < -0.3 is 9.73 Å². The normalized spacial score (nSPS) is 10.7. The molecule has 0 radical (unpaired) electrons. The maximum atomic E-state index is 12.1. The fourth-order valence-electron chi connectivity index (χ4n) is 2.37. The number of carbonyl (C=O) groups excluding carboxylic acids is 1. The van der Waals surface area contributed by atoms with Gasteiger partial charge in [-0.25, -0.2) is 4.98 Å². The number of nitrogens with one attached hydrogen (secondary N) is 1. The number of amides is 1. The molecule has 0 saturated heterocycles. The predicted octanol–water partition coefficient (Wildman–Crippen LogP) is 5.53. The highest BCUT2D eigenvalue weighted by atomic mass is 35.5. The molecule has 0 spiro atoms. The van der Waals surface area contributed by atoms with E-state index in [1.807, 2.05) is 31.2 Å². The maximum absolute atomic E-state index is 12.1. The highest BCUT2D eigenvalue weighted by molar-refractivity contribution is 6.34. The summed E-state index contributed by atoms with van der Waals surface area (Å²) < 4.78 is 5.69. The molecule has 0 unspecified atom stereocenters. The first-order chi connectivity index (χ1) is 12.0. The van der Waals surface area contributed by atoms with Crippen molar-refractivity contribution in [1.82, 2.24) is 4.98 Å². The van der Waals surface area contributed by atoms with Gasteiger partial charge in [-0.3, -0.25) is 4.79 Å². The minimum Gasteiger partial charge on any atom is -0.441 e. The summed E-state index contributed by atoms with van der Waals surface area (Å²) in [6.45, 7) is 1.94. The predicted molar refractivity (Wildman–Crippen MR) is 100 cm³/mol. The molecule has 3 aromatic rings. The lowest BCUT2D eigenvalue weighted by Gasteiger charge is -2.07. The van der Waals surface area contributed by atoms with Gasteiger partial charge >= 0.3 is 0 Å². The Hall–Kier alpha value is -2.30. The van der Waals surface area contributed by atoms with Crippen molar-refractivity contribution in [1.29, 1.82) is 0 Å². The molecule has 0 fully saturated rings. The first-order valence-corrected chi connectivity index (χ1v) is 8.54. The van der Waals surface area contributed by atoms with Crippen LogP contribution in [0.1, 0.15) is 17.9 Å². The molecule has 0 aliphatic rings. The van der Waals surface area contributed by atoms with Crippen LogP contribution in [0.5, 0.6) is 0 Å². The van der Waals surface area contributed by atoms with Gasteiger partial charge in [-0.15, -0.1) is 0 Å². The third kappa shape index (κ3) is 4.41. The fraction of sp³-hybridized carbons (Fsp3) is 0.158. The van der Waals surface area contributed by atoms with Crippen LogP contribution >= 0.6 is 23.2 Å². The van der Waals surface area contributed by atoms with Gasteiger partial charge in [0.05, 0.1) is 21.9 Å². The second-order valence-corrected chi connectivity index (χ2v) is 6.44. The molecule has 1 heterocycles. The van der Waals surface area contributed by atoms with E-state index in [1.54, 1.807) is 24.4 Å². The number of carbonyl (C=O) groups is 1. The summed E-state index contributed by atoms with van der Waals surface area (Å²) in [5.41, 5.74) is 2.41.